The van der Waals surface area contributed by atoms with Crippen molar-refractivity contribution in [3.8, 4) is 11.4 Å². The third-order valence-corrected chi connectivity index (χ3v) is 3.62. The molecular formula is C16H12Cl2N4O2. The summed E-state index contributed by atoms with van der Waals surface area (Å²) in [7, 11) is 0. The van der Waals surface area contributed by atoms with Gasteiger partial charge in [-0.15, -0.1) is 0 Å². The molecule has 1 N–H and O–H groups in total. The van der Waals surface area contributed by atoms with E-state index >= 15 is 0 Å². The summed E-state index contributed by atoms with van der Waals surface area (Å²) < 4.78 is 7.01. The average Bonchev–Trinajstić information content (AvgIpc) is 3.09. The lowest BCUT2D eigenvalue weighted by Gasteiger charge is -2.09. The van der Waals surface area contributed by atoms with Crippen LogP contribution in [0, 0.1) is 0 Å². The molecule has 0 aliphatic heterocycles. The van der Waals surface area contributed by atoms with Crippen molar-refractivity contribution >= 4 is 34.8 Å². The number of nitrogens with one attached hydrogen (secondary N) is 1. The van der Waals surface area contributed by atoms with Gasteiger partial charge in [-0.25, -0.2) is 9.67 Å². The Labute approximate surface area is 148 Å². The Kier molecular flexibility index (Phi) is 4.98. The molecule has 0 saturated carbocycles. The number of aromatic nitrogens is 3. The number of carbonyl (C=O) groups is 1. The molecule has 8 heteroatoms. The lowest BCUT2D eigenvalue weighted by Crippen LogP contribution is -2.20. The average molecular weight is 363 g/mol. The lowest BCUT2D eigenvalue weighted by atomic mass is 10.3. The third kappa shape index (κ3) is 4.04. The van der Waals surface area contributed by atoms with E-state index in [-0.39, 0.29) is 12.5 Å². The van der Waals surface area contributed by atoms with Crippen molar-refractivity contribution in [1.82, 2.24) is 14.8 Å². The van der Waals surface area contributed by atoms with Gasteiger partial charge in [0.05, 0.1) is 10.7 Å². The van der Waals surface area contributed by atoms with Gasteiger partial charge in [-0.05, 0) is 42.5 Å². The largest absolute Gasteiger partial charge is 0.482 e. The van der Waals surface area contributed by atoms with Crippen LogP contribution in [0.3, 0.4) is 0 Å². The van der Waals surface area contributed by atoms with Crippen LogP contribution in [-0.4, -0.2) is 27.3 Å². The zero-order chi connectivity index (χ0) is 16.9. The van der Waals surface area contributed by atoms with E-state index in [9.17, 15) is 4.79 Å². The first kappa shape index (κ1) is 16.3. The van der Waals surface area contributed by atoms with Crippen LogP contribution in [0.5, 0.6) is 5.75 Å². The minimum absolute atomic E-state index is 0.161. The number of benzene rings is 2. The second-order valence-corrected chi connectivity index (χ2v) is 5.64. The molecule has 1 aromatic heterocycles. The molecular weight excluding hydrogens is 351 g/mol. The summed E-state index contributed by atoms with van der Waals surface area (Å²) in [6, 6.07) is 12.0. The van der Waals surface area contributed by atoms with Gasteiger partial charge < -0.3 is 10.1 Å². The fourth-order valence-corrected chi connectivity index (χ4v) is 2.43. The number of rotatable bonds is 5. The summed E-state index contributed by atoms with van der Waals surface area (Å²) in [6.07, 6.45) is 3.05. The first-order valence-electron chi connectivity index (χ1n) is 6.94. The monoisotopic (exact) mass is 362 g/mol. The van der Waals surface area contributed by atoms with Gasteiger partial charge in [0, 0.05) is 10.7 Å². The minimum Gasteiger partial charge on any atom is -0.482 e. The maximum atomic E-state index is 11.9. The van der Waals surface area contributed by atoms with Crippen molar-refractivity contribution in [1.29, 1.82) is 0 Å². The molecule has 3 rings (SSSR count). The number of hydrogen-bond acceptors (Lipinski definition) is 4. The summed E-state index contributed by atoms with van der Waals surface area (Å²) in [5.74, 6) is 0.104. The zero-order valence-corrected chi connectivity index (χ0v) is 13.8. The number of hydrogen-bond donors (Lipinski definition) is 1. The molecule has 2 aromatic carbocycles. The molecule has 0 fully saturated rings. The van der Waals surface area contributed by atoms with E-state index in [4.69, 9.17) is 27.9 Å². The molecule has 1 amide bonds. The Bertz CT molecular complexity index is 836. The van der Waals surface area contributed by atoms with Crippen LogP contribution in [0.4, 0.5) is 5.69 Å². The number of carbonyl (C=O) groups excluding carboxylic acids is 1. The van der Waals surface area contributed by atoms with Crippen LogP contribution in [0.2, 0.25) is 10.0 Å². The second-order valence-electron chi connectivity index (χ2n) is 4.80. The predicted molar refractivity (Wildman–Crippen MR) is 91.9 cm³/mol. The Balaban J connectivity index is 1.56. The highest BCUT2D eigenvalue weighted by atomic mass is 35.5. The van der Waals surface area contributed by atoms with Crippen molar-refractivity contribution in [3.63, 3.8) is 0 Å². The first-order valence-corrected chi connectivity index (χ1v) is 7.70. The Morgan fingerprint density at radius 2 is 1.96 bits per heavy atom. The van der Waals surface area contributed by atoms with E-state index in [1.54, 1.807) is 41.3 Å². The highest BCUT2D eigenvalue weighted by Crippen LogP contribution is 2.27. The van der Waals surface area contributed by atoms with Crippen LogP contribution in [0.1, 0.15) is 0 Å². The summed E-state index contributed by atoms with van der Waals surface area (Å²) in [4.78, 5) is 15.8. The molecule has 24 heavy (non-hydrogen) atoms. The molecule has 0 spiro atoms. The minimum atomic E-state index is -0.297. The number of amides is 1. The maximum absolute atomic E-state index is 11.9. The van der Waals surface area contributed by atoms with Crippen LogP contribution in [0.15, 0.2) is 55.1 Å². The highest BCUT2D eigenvalue weighted by molar-refractivity contribution is 6.35. The molecule has 1 heterocycles. The summed E-state index contributed by atoms with van der Waals surface area (Å²) in [5, 5.41) is 7.63. The summed E-state index contributed by atoms with van der Waals surface area (Å²) in [6.45, 7) is -0.161. The van der Waals surface area contributed by atoms with Crippen molar-refractivity contribution in [2.24, 2.45) is 0 Å². The van der Waals surface area contributed by atoms with Gasteiger partial charge in [0.2, 0.25) is 0 Å². The molecule has 0 saturated heterocycles. The molecule has 0 aliphatic carbocycles. The molecule has 0 atom stereocenters. The molecule has 122 valence electrons. The van der Waals surface area contributed by atoms with E-state index in [1.165, 1.54) is 6.33 Å². The first-order chi connectivity index (χ1) is 11.6. The van der Waals surface area contributed by atoms with Gasteiger partial charge in [0.25, 0.3) is 5.91 Å². The number of nitrogens with zero attached hydrogens (tertiary/aromatic N) is 3. The fourth-order valence-electron chi connectivity index (χ4n) is 1.97. The van der Waals surface area contributed by atoms with E-state index in [1.807, 2.05) is 12.1 Å². The third-order valence-electron chi connectivity index (χ3n) is 3.09. The van der Waals surface area contributed by atoms with Crippen LogP contribution in [0.25, 0.3) is 5.69 Å². The normalized spacial score (nSPS) is 10.4. The van der Waals surface area contributed by atoms with Gasteiger partial charge in [-0.2, -0.15) is 5.10 Å². The van der Waals surface area contributed by atoms with Crippen molar-refractivity contribution in [3.05, 3.63) is 65.2 Å². The second kappa shape index (κ2) is 7.33. The fraction of sp³-hybridized carbons (Fsp3) is 0.0625. The van der Waals surface area contributed by atoms with Crippen LogP contribution < -0.4 is 10.1 Å². The van der Waals surface area contributed by atoms with Crippen molar-refractivity contribution in [2.45, 2.75) is 0 Å². The van der Waals surface area contributed by atoms with E-state index in [0.717, 1.165) is 5.69 Å². The predicted octanol–water partition coefficient (Wildman–Crippen LogP) is 3.59. The van der Waals surface area contributed by atoms with E-state index in [0.29, 0.717) is 21.5 Å². The van der Waals surface area contributed by atoms with Crippen molar-refractivity contribution in [2.75, 3.05) is 11.9 Å². The molecule has 0 unspecified atom stereocenters. The van der Waals surface area contributed by atoms with Gasteiger partial charge in [0.15, 0.2) is 6.61 Å². The highest BCUT2D eigenvalue weighted by Gasteiger charge is 2.07. The molecule has 0 radical (unpaired) electrons. The molecule has 3 aromatic rings. The van der Waals surface area contributed by atoms with E-state index < -0.39 is 0 Å². The molecule has 0 bridgehead atoms. The number of anilines is 1. The topological polar surface area (TPSA) is 69.0 Å². The Hall–Kier alpha value is -2.57. The Morgan fingerprint density at radius 3 is 2.62 bits per heavy atom. The number of halogens is 2. The van der Waals surface area contributed by atoms with Gasteiger partial charge in [-0.3, -0.25) is 4.79 Å². The SMILES string of the molecule is O=C(COc1ccc(Cl)cc1Cl)Nc1ccc(-n2cncn2)cc1. The standard InChI is InChI=1S/C16H12Cl2N4O2/c17-11-1-6-15(14(18)7-11)24-8-16(23)21-12-2-4-13(5-3-12)22-10-19-9-20-22/h1-7,9-10H,8H2,(H,21,23). The molecule has 0 aliphatic rings. The smallest absolute Gasteiger partial charge is 0.262 e. The number of ether oxygens (including phenoxy) is 1. The summed E-state index contributed by atoms with van der Waals surface area (Å²) in [5.41, 5.74) is 1.49. The van der Waals surface area contributed by atoms with Gasteiger partial charge >= 0.3 is 0 Å². The van der Waals surface area contributed by atoms with Gasteiger partial charge in [-0.1, -0.05) is 23.2 Å². The zero-order valence-electron chi connectivity index (χ0n) is 12.3. The molecule has 6 nitrogen and oxygen atoms in total. The maximum Gasteiger partial charge on any atom is 0.262 e. The quantitative estimate of drug-likeness (QED) is 0.752. The van der Waals surface area contributed by atoms with Crippen LogP contribution in [-0.2, 0) is 4.79 Å². The van der Waals surface area contributed by atoms with Crippen molar-refractivity contribution < 1.29 is 9.53 Å². The van der Waals surface area contributed by atoms with Gasteiger partial charge in [0.1, 0.15) is 18.4 Å². The Morgan fingerprint density at radius 1 is 1.17 bits per heavy atom. The van der Waals surface area contributed by atoms with Crippen LogP contribution >= 0.6 is 23.2 Å². The van der Waals surface area contributed by atoms with E-state index in [2.05, 4.69) is 15.4 Å². The lowest BCUT2D eigenvalue weighted by molar-refractivity contribution is -0.118. The summed E-state index contributed by atoms with van der Waals surface area (Å²) >= 11 is 11.8.